The molecule has 0 fully saturated rings. The standard InChI is InChI=1S/C19H36O3Si/c1-13(2)23(14(3)4,15(5)6)22-19-11-16(7)9-10-18(19)12-21-17(8)20/h10,13-16,19H,9,11-12H2,1-8H3/t16-,19-/m1/s1. The topological polar surface area (TPSA) is 35.5 Å². The van der Waals surface area contributed by atoms with Crippen LogP contribution in [0, 0.1) is 5.92 Å². The van der Waals surface area contributed by atoms with Crippen LogP contribution in [0.4, 0.5) is 0 Å². The molecule has 3 nitrogen and oxygen atoms in total. The van der Waals surface area contributed by atoms with Gasteiger partial charge in [-0.15, -0.1) is 0 Å². The molecule has 23 heavy (non-hydrogen) atoms. The molecule has 1 rings (SSSR count). The van der Waals surface area contributed by atoms with E-state index < -0.39 is 8.32 Å². The first-order chi connectivity index (χ1) is 10.6. The molecule has 0 N–H and O–H groups in total. The molecule has 0 aromatic heterocycles. The van der Waals surface area contributed by atoms with Crippen molar-refractivity contribution < 1.29 is 14.0 Å². The summed E-state index contributed by atoms with van der Waals surface area (Å²) in [4.78, 5) is 11.2. The summed E-state index contributed by atoms with van der Waals surface area (Å²) in [5, 5.41) is 0. The third-order valence-electron chi connectivity index (χ3n) is 5.31. The Kier molecular flexibility index (Phi) is 7.53. The fourth-order valence-corrected chi connectivity index (χ4v) is 9.77. The van der Waals surface area contributed by atoms with Gasteiger partial charge in [0.05, 0.1) is 6.10 Å². The second-order valence-electron chi connectivity index (χ2n) is 8.06. The van der Waals surface area contributed by atoms with Crippen molar-refractivity contribution in [2.75, 3.05) is 6.61 Å². The van der Waals surface area contributed by atoms with Gasteiger partial charge in [0, 0.05) is 6.92 Å². The summed E-state index contributed by atoms with van der Waals surface area (Å²) in [7, 11) is -1.92. The van der Waals surface area contributed by atoms with E-state index in [0.29, 0.717) is 29.1 Å². The van der Waals surface area contributed by atoms with Gasteiger partial charge in [-0.05, 0) is 41.0 Å². The van der Waals surface area contributed by atoms with Gasteiger partial charge in [-0.2, -0.15) is 0 Å². The van der Waals surface area contributed by atoms with Crippen LogP contribution in [0.2, 0.25) is 16.6 Å². The molecule has 0 spiro atoms. The van der Waals surface area contributed by atoms with Crippen molar-refractivity contribution in [3.05, 3.63) is 11.6 Å². The fraction of sp³-hybridized carbons (Fsp3) is 0.842. The van der Waals surface area contributed by atoms with Crippen LogP contribution in [0.3, 0.4) is 0 Å². The van der Waals surface area contributed by atoms with Crippen LogP contribution in [0.5, 0.6) is 0 Å². The van der Waals surface area contributed by atoms with Gasteiger partial charge in [0.15, 0.2) is 0 Å². The lowest BCUT2D eigenvalue weighted by Crippen LogP contribution is -2.51. The van der Waals surface area contributed by atoms with E-state index in [-0.39, 0.29) is 12.1 Å². The van der Waals surface area contributed by atoms with E-state index >= 15 is 0 Å². The Morgan fingerprint density at radius 3 is 2.13 bits per heavy atom. The van der Waals surface area contributed by atoms with Gasteiger partial charge in [0.25, 0.3) is 0 Å². The van der Waals surface area contributed by atoms with Crippen molar-refractivity contribution >= 4 is 14.3 Å². The van der Waals surface area contributed by atoms with Crippen molar-refractivity contribution in [2.45, 2.75) is 91.0 Å². The lowest BCUT2D eigenvalue weighted by atomic mass is 9.89. The first kappa shape index (κ1) is 20.4. The summed E-state index contributed by atoms with van der Waals surface area (Å²) in [6.07, 6.45) is 4.43. The van der Waals surface area contributed by atoms with E-state index in [0.717, 1.165) is 18.4 Å². The molecule has 0 unspecified atom stereocenters. The highest BCUT2D eigenvalue weighted by Crippen LogP contribution is 2.45. The highest BCUT2D eigenvalue weighted by Gasteiger charge is 2.47. The Balaban J connectivity index is 3.05. The van der Waals surface area contributed by atoms with Crippen LogP contribution in [0.15, 0.2) is 11.6 Å². The average Bonchev–Trinajstić information content (AvgIpc) is 2.42. The predicted octanol–water partition coefficient (Wildman–Crippen LogP) is 5.47. The molecule has 0 aromatic rings. The minimum atomic E-state index is -1.92. The second kappa shape index (κ2) is 8.47. The molecule has 1 aliphatic rings. The van der Waals surface area contributed by atoms with Crippen LogP contribution in [0.25, 0.3) is 0 Å². The molecule has 0 aromatic carbocycles. The zero-order valence-corrected chi connectivity index (χ0v) is 17.3. The summed E-state index contributed by atoms with van der Waals surface area (Å²) in [6.45, 7) is 18.0. The van der Waals surface area contributed by atoms with Crippen molar-refractivity contribution in [3.63, 3.8) is 0 Å². The Morgan fingerprint density at radius 1 is 1.17 bits per heavy atom. The summed E-state index contributed by atoms with van der Waals surface area (Å²) < 4.78 is 12.2. The van der Waals surface area contributed by atoms with Gasteiger partial charge in [0.2, 0.25) is 8.32 Å². The average molecular weight is 341 g/mol. The maximum Gasteiger partial charge on any atom is 0.302 e. The van der Waals surface area contributed by atoms with Crippen LogP contribution >= 0.6 is 0 Å². The highest BCUT2D eigenvalue weighted by atomic mass is 28.4. The van der Waals surface area contributed by atoms with Crippen molar-refractivity contribution in [1.82, 2.24) is 0 Å². The minimum absolute atomic E-state index is 0.108. The summed E-state index contributed by atoms with van der Waals surface area (Å²) >= 11 is 0. The van der Waals surface area contributed by atoms with Gasteiger partial charge in [0.1, 0.15) is 6.61 Å². The number of carbonyl (C=O) groups excluding carboxylic acids is 1. The normalized spacial score (nSPS) is 22.7. The number of ether oxygens (including phenoxy) is 1. The summed E-state index contributed by atoms with van der Waals surface area (Å²) in [6, 6.07) is 0. The molecule has 0 saturated heterocycles. The number of hydrogen-bond donors (Lipinski definition) is 0. The maximum atomic E-state index is 11.2. The monoisotopic (exact) mass is 340 g/mol. The number of esters is 1. The van der Waals surface area contributed by atoms with Gasteiger partial charge in [-0.3, -0.25) is 4.79 Å². The number of hydrogen-bond acceptors (Lipinski definition) is 3. The Bertz CT molecular complexity index is 405. The van der Waals surface area contributed by atoms with Crippen molar-refractivity contribution in [3.8, 4) is 0 Å². The van der Waals surface area contributed by atoms with E-state index in [1.165, 1.54) is 6.92 Å². The summed E-state index contributed by atoms with van der Waals surface area (Å²) in [5.41, 5.74) is 2.86. The molecule has 4 heteroatoms. The second-order valence-corrected chi connectivity index (χ2v) is 13.5. The third-order valence-corrected chi connectivity index (χ3v) is 11.4. The number of carbonyl (C=O) groups is 1. The molecule has 0 heterocycles. The van der Waals surface area contributed by atoms with Crippen molar-refractivity contribution in [2.24, 2.45) is 5.92 Å². The highest BCUT2D eigenvalue weighted by molar-refractivity contribution is 6.77. The Labute approximate surface area is 144 Å². The molecule has 0 saturated carbocycles. The van der Waals surface area contributed by atoms with Crippen LogP contribution in [-0.4, -0.2) is 27.0 Å². The lowest BCUT2D eigenvalue weighted by molar-refractivity contribution is -0.140. The first-order valence-corrected chi connectivity index (χ1v) is 11.2. The quantitative estimate of drug-likeness (QED) is 0.350. The van der Waals surface area contributed by atoms with E-state index in [1.54, 1.807) is 0 Å². The van der Waals surface area contributed by atoms with E-state index in [2.05, 4.69) is 54.5 Å². The van der Waals surface area contributed by atoms with Gasteiger partial charge in [-0.25, -0.2) is 0 Å². The van der Waals surface area contributed by atoms with Gasteiger partial charge >= 0.3 is 5.97 Å². The zero-order valence-electron chi connectivity index (χ0n) is 16.3. The smallest absolute Gasteiger partial charge is 0.302 e. The summed E-state index contributed by atoms with van der Waals surface area (Å²) in [5.74, 6) is 0.405. The first-order valence-electron chi connectivity index (χ1n) is 9.11. The molecular formula is C19H36O3Si. The molecule has 134 valence electrons. The van der Waals surface area contributed by atoms with Crippen LogP contribution < -0.4 is 0 Å². The van der Waals surface area contributed by atoms with E-state index in [1.807, 2.05) is 0 Å². The molecule has 0 amide bonds. The molecule has 1 aliphatic carbocycles. The largest absolute Gasteiger partial charge is 0.461 e. The van der Waals surface area contributed by atoms with E-state index in [9.17, 15) is 4.79 Å². The maximum absolute atomic E-state index is 11.2. The number of allylic oxidation sites excluding steroid dienone is 1. The molecule has 2 atom stereocenters. The molecule has 0 radical (unpaired) electrons. The zero-order chi connectivity index (χ0) is 17.8. The van der Waals surface area contributed by atoms with Crippen molar-refractivity contribution in [1.29, 1.82) is 0 Å². The Morgan fingerprint density at radius 2 is 1.70 bits per heavy atom. The Hall–Kier alpha value is -0.613. The van der Waals surface area contributed by atoms with Crippen LogP contribution in [0.1, 0.15) is 68.2 Å². The fourth-order valence-electron chi connectivity index (χ4n) is 4.21. The van der Waals surface area contributed by atoms with Gasteiger partial charge < -0.3 is 9.16 Å². The third kappa shape index (κ3) is 4.93. The molecule has 0 bridgehead atoms. The SMILES string of the molecule is CC(=O)OCC1=CC[C@@H](C)C[C@H]1O[Si](C(C)C)(C(C)C)C(C)C. The molecule has 0 aliphatic heterocycles. The molecular weight excluding hydrogens is 304 g/mol. The van der Waals surface area contributed by atoms with Gasteiger partial charge in [-0.1, -0.05) is 54.5 Å². The lowest BCUT2D eigenvalue weighted by Gasteiger charge is -2.46. The van der Waals surface area contributed by atoms with E-state index in [4.69, 9.17) is 9.16 Å². The predicted molar refractivity (Wildman–Crippen MR) is 99.0 cm³/mol. The minimum Gasteiger partial charge on any atom is -0.461 e. The van der Waals surface area contributed by atoms with Crippen LogP contribution in [-0.2, 0) is 14.0 Å². The number of rotatable bonds is 7.